The number of carbonyl (C=O) groups is 1. The van der Waals surface area contributed by atoms with Gasteiger partial charge in [-0.25, -0.2) is 0 Å². The van der Waals surface area contributed by atoms with E-state index in [4.69, 9.17) is 4.74 Å². The van der Waals surface area contributed by atoms with E-state index in [0.29, 0.717) is 6.54 Å². The van der Waals surface area contributed by atoms with Crippen LogP contribution in [0, 0.1) is 0 Å². The fourth-order valence-corrected chi connectivity index (χ4v) is 1.41. The van der Waals surface area contributed by atoms with Gasteiger partial charge in [0.2, 0.25) is 5.91 Å². The van der Waals surface area contributed by atoms with E-state index in [9.17, 15) is 4.79 Å². The molecule has 0 fully saturated rings. The number of anilines is 1. The highest BCUT2D eigenvalue weighted by molar-refractivity contribution is 5.92. The zero-order valence-corrected chi connectivity index (χ0v) is 10.9. The van der Waals surface area contributed by atoms with Crippen LogP contribution in [0.4, 0.5) is 5.69 Å². The SMILES string of the molecule is CC(C)Oc1cccc(NC(=O)CN(C)C)c1. The Morgan fingerprint density at radius 1 is 1.41 bits per heavy atom. The van der Waals surface area contributed by atoms with Crippen LogP contribution in [0.25, 0.3) is 0 Å². The molecule has 0 aliphatic carbocycles. The van der Waals surface area contributed by atoms with Gasteiger partial charge in [0.25, 0.3) is 0 Å². The Hall–Kier alpha value is -1.55. The maximum atomic E-state index is 11.6. The van der Waals surface area contributed by atoms with E-state index >= 15 is 0 Å². The van der Waals surface area contributed by atoms with Gasteiger partial charge in [-0.05, 0) is 40.1 Å². The van der Waals surface area contributed by atoms with Crippen LogP contribution in [0.15, 0.2) is 24.3 Å². The second-order valence-corrected chi connectivity index (χ2v) is 4.48. The van der Waals surface area contributed by atoms with E-state index < -0.39 is 0 Å². The minimum absolute atomic E-state index is 0.0308. The first-order valence-electron chi connectivity index (χ1n) is 5.68. The monoisotopic (exact) mass is 236 g/mol. The Kier molecular flexibility index (Phi) is 4.97. The van der Waals surface area contributed by atoms with Crippen LogP contribution in [0.3, 0.4) is 0 Å². The molecule has 4 heteroatoms. The lowest BCUT2D eigenvalue weighted by atomic mass is 10.3. The number of hydrogen-bond acceptors (Lipinski definition) is 3. The van der Waals surface area contributed by atoms with Crippen molar-refractivity contribution in [3.8, 4) is 5.75 Å². The zero-order valence-electron chi connectivity index (χ0n) is 10.9. The molecule has 4 nitrogen and oxygen atoms in total. The Morgan fingerprint density at radius 3 is 2.71 bits per heavy atom. The quantitative estimate of drug-likeness (QED) is 0.850. The van der Waals surface area contributed by atoms with E-state index in [1.165, 1.54) is 0 Å². The highest BCUT2D eigenvalue weighted by Gasteiger charge is 2.05. The van der Waals surface area contributed by atoms with E-state index in [-0.39, 0.29) is 12.0 Å². The molecule has 1 rings (SSSR count). The number of carbonyl (C=O) groups excluding carboxylic acids is 1. The minimum atomic E-state index is -0.0308. The Labute approximate surface area is 103 Å². The number of amides is 1. The number of nitrogens with one attached hydrogen (secondary N) is 1. The van der Waals surface area contributed by atoms with Gasteiger partial charge in [-0.15, -0.1) is 0 Å². The maximum Gasteiger partial charge on any atom is 0.238 e. The van der Waals surface area contributed by atoms with E-state index in [1.54, 1.807) is 0 Å². The summed E-state index contributed by atoms with van der Waals surface area (Å²) in [5.41, 5.74) is 0.759. The smallest absolute Gasteiger partial charge is 0.238 e. The number of rotatable bonds is 5. The largest absolute Gasteiger partial charge is 0.491 e. The van der Waals surface area contributed by atoms with Gasteiger partial charge in [0, 0.05) is 11.8 Å². The molecule has 1 amide bonds. The lowest BCUT2D eigenvalue weighted by Crippen LogP contribution is -2.27. The molecule has 1 N–H and O–H groups in total. The van der Waals surface area contributed by atoms with Gasteiger partial charge in [0.05, 0.1) is 12.6 Å². The Bertz CT molecular complexity index is 375. The predicted octanol–water partition coefficient (Wildman–Crippen LogP) is 1.97. The van der Waals surface area contributed by atoms with Crippen LogP contribution in [0.1, 0.15) is 13.8 Å². The first-order valence-corrected chi connectivity index (χ1v) is 5.68. The topological polar surface area (TPSA) is 41.6 Å². The van der Waals surface area contributed by atoms with Gasteiger partial charge >= 0.3 is 0 Å². The molecule has 0 aromatic heterocycles. The summed E-state index contributed by atoms with van der Waals surface area (Å²) in [5.74, 6) is 0.736. The van der Waals surface area contributed by atoms with Crippen molar-refractivity contribution < 1.29 is 9.53 Å². The summed E-state index contributed by atoms with van der Waals surface area (Å²) in [7, 11) is 3.72. The van der Waals surface area contributed by atoms with Gasteiger partial charge in [0.15, 0.2) is 0 Å². The van der Waals surface area contributed by atoms with Crippen molar-refractivity contribution in [2.45, 2.75) is 20.0 Å². The molecule has 0 spiro atoms. The number of ether oxygens (including phenoxy) is 1. The molecule has 0 bridgehead atoms. The molecule has 0 aliphatic rings. The molecule has 0 saturated heterocycles. The molecule has 1 aromatic carbocycles. The third-order valence-electron chi connectivity index (χ3n) is 1.95. The van der Waals surface area contributed by atoms with Gasteiger partial charge in [-0.1, -0.05) is 6.07 Å². The summed E-state index contributed by atoms with van der Waals surface area (Å²) in [4.78, 5) is 13.4. The van der Waals surface area contributed by atoms with Crippen molar-refractivity contribution >= 4 is 11.6 Å². The summed E-state index contributed by atoms with van der Waals surface area (Å²) >= 11 is 0. The average molecular weight is 236 g/mol. The van der Waals surface area contributed by atoms with Gasteiger partial charge in [0.1, 0.15) is 5.75 Å². The lowest BCUT2D eigenvalue weighted by molar-refractivity contribution is -0.116. The first-order chi connectivity index (χ1) is 7.97. The fourth-order valence-electron chi connectivity index (χ4n) is 1.41. The Morgan fingerprint density at radius 2 is 2.12 bits per heavy atom. The summed E-state index contributed by atoms with van der Waals surface area (Å²) in [6.07, 6.45) is 0.128. The third kappa shape index (κ3) is 5.36. The van der Waals surface area contributed by atoms with Crippen molar-refractivity contribution in [1.29, 1.82) is 0 Å². The first kappa shape index (κ1) is 13.5. The molecule has 0 saturated carbocycles. The zero-order chi connectivity index (χ0) is 12.8. The van der Waals surface area contributed by atoms with Crippen molar-refractivity contribution in [2.24, 2.45) is 0 Å². The van der Waals surface area contributed by atoms with Gasteiger partial charge in [-0.3, -0.25) is 4.79 Å². The molecule has 1 aromatic rings. The molecule has 0 atom stereocenters. The van der Waals surface area contributed by atoms with Crippen molar-refractivity contribution in [2.75, 3.05) is 26.0 Å². The van der Waals surface area contributed by atoms with Gasteiger partial charge in [-0.2, -0.15) is 0 Å². The normalized spacial score (nSPS) is 10.7. The number of hydrogen-bond donors (Lipinski definition) is 1. The number of likely N-dealkylation sites (N-methyl/N-ethyl adjacent to an activating group) is 1. The highest BCUT2D eigenvalue weighted by Crippen LogP contribution is 2.18. The summed E-state index contributed by atoms with van der Waals surface area (Å²) in [6.45, 7) is 4.31. The van der Waals surface area contributed by atoms with Crippen molar-refractivity contribution in [3.05, 3.63) is 24.3 Å². The average Bonchev–Trinajstić information content (AvgIpc) is 2.14. The molecule has 94 valence electrons. The highest BCUT2D eigenvalue weighted by atomic mass is 16.5. The predicted molar refractivity (Wildman–Crippen MR) is 69.4 cm³/mol. The van der Waals surface area contributed by atoms with Crippen molar-refractivity contribution in [1.82, 2.24) is 4.90 Å². The number of benzene rings is 1. The van der Waals surface area contributed by atoms with Crippen LogP contribution in [0.5, 0.6) is 5.75 Å². The molecular formula is C13H20N2O2. The molecule has 0 aliphatic heterocycles. The van der Waals surface area contributed by atoms with Crippen LogP contribution in [0.2, 0.25) is 0 Å². The lowest BCUT2D eigenvalue weighted by Gasteiger charge is -2.12. The Balaban J connectivity index is 2.62. The fraction of sp³-hybridized carbons (Fsp3) is 0.462. The molecular weight excluding hydrogens is 216 g/mol. The summed E-state index contributed by atoms with van der Waals surface area (Å²) in [6, 6.07) is 7.42. The van der Waals surface area contributed by atoms with Crippen LogP contribution in [-0.4, -0.2) is 37.6 Å². The van der Waals surface area contributed by atoms with E-state index in [2.05, 4.69) is 5.32 Å². The molecule has 0 heterocycles. The third-order valence-corrected chi connectivity index (χ3v) is 1.95. The maximum absolute atomic E-state index is 11.6. The molecule has 17 heavy (non-hydrogen) atoms. The number of nitrogens with zero attached hydrogens (tertiary/aromatic N) is 1. The van der Waals surface area contributed by atoms with Gasteiger partial charge < -0.3 is 15.0 Å². The van der Waals surface area contributed by atoms with Crippen molar-refractivity contribution in [3.63, 3.8) is 0 Å². The standard InChI is InChI=1S/C13H20N2O2/c1-10(2)17-12-7-5-6-11(8-12)14-13(16)9-15(3)4/h5-8,10H,9H2,1-4H3,(H,14,16). The van der Waals surface area contributed by atoms with Crippen LogP contribution in [-0.2, 0) is 4.79 Å². The van der Waals surface area contributed by atoms with Crippen LogP contribution < -0.4 is 10.1 Å². The van der Waals surface area contributed by atoms with E-state index in [1.807, 2.05) is 57.1 Å². The van der Waals surface area contributed by atoms with Crippen LogP contribution >= 0.6 is 0 Å². The summed E-state index contributed by atoms with van der Waals surface area (Å²) in [5, 5.41) is 2.83. The molecule has 0 unspecified atom stereocenters. The summed E-state index contributed by atoms with van der Waals surface area (Å²) < 4.78 is 5.56. The minimum Gasteiger partial charge on any atom is -0.491 e. The molecule has 0 radical (unpaired) electrons. The second kappa shape index (κ2) is 6.25. The second-order valence-electron chi connectivity index (χ2n) is 4.48. The van der Waals surface area contributed by atoms with E-state index in [0.717, 1.165) is 11.4 Å².